The van der Waals surface area contributed by atoms with Crippen LogP contribution in [-0.2, 0) is 0 Å². The van der Waals surface area contributed by atoms with Crippen molar-refractivity contribution in [1.29, 1.82) is 0 Å². The molecule has 0 spiro atoms. The zero-order chi connectivity index (χ0) is 13.3. The highest BCUT2D eigenvalue weighted by molar-refractivity contribution is 6.34. The molecule has 4 nitrogen and oxygen atoms in total. The Kier molecular flexibility index (Phi) is 3.78. The summed E-state index contributed by atoms with van der Waals surface area (Å²) in [5.74, 6) is 0.176. The molecular formula is C13H17ClN2O2. The van der Waals surface area contributed by atoms with Crippen LogP contribution >= 0.6 is 11.6 Å². The van der Waals surface area contributed by atoms with Crippen molar-refractivity contribution < 1.29 is 9.90 Å². The highest BCUT2D eigenvalue weighted by Gasteiger charge is 2.34. The first-order valence-corrected chi connectivity index (χ1v) is 6.39. The van der Waals surface area contributed by atoms with Crippen molar-refractivity contribution in [1.82, 2.24) is 4.90 Å². The number of halogens is 1. The van der Waals surface area contributed by atoms with Gasteiger partial charge in [-0.25, -0.2) is 0 Å². The molecule has 3 N–H and O–H groups in total. The highest BCUT2D eigenvalue weighted by atomic mass is 35.5. The zero-order valence-electron chi connectivity index (χ0n) is 10.3. The van der Waals surface area contributed by atoms with E-state index in [1.165, 1.54) is 0 Å². The van der Waals surface area contributed by atoms with Gasteiger partial charge in [0.25, 0.3) is 5.91 Å². The van der Waals surface area contributed by atoms with Gasteiger partial charge in [0.2, 0.25) is 0 Å². The number of carbonyl (C=O) groups excluding carboxylic acids is 1. The maximum Gasteiger partial charge on any atom is 0.255 e. The van der Waals surface area contributed by atoms with Crippen LogP contribution < -0.4 is 5.73 Å². The Morgan fingerprint density at radius 1 is 1.61 bits per heavy atom. The van der Waals surface area contributed by atoms with Gasteiger partial charge in [0.05, 0.1) is 23.2 Å². The molecule has 1 aliphatic rings. The third-order valence-electron chi connectivity index (χ3n) is 3.55. The van der Waals surface area contributed by atoms with E-state index in [-0.39, 0.29) is 18.6 Å². The highest BCUT2D eigenvalue weighted by Crippen LogP contribution is 2.28. The third-order valence-corrected chi connectivity index (χ3v) is 3.87. The monoisotopic (exact) mass is 268 g/mol. The summed E-state index contributed by atoms with van der Waals surface area (Å²) in [6.07, 6.45) is 0.906. The Labute approximate surface area is 111 Å². The predicted octanol–water partition coefficient (Wildman–Crippen LogP) is 1.77. The van der Waals surface area contributed by atoms with Gasteiger partial charge in [0, 0.05) is 12.2 Å². The normalized spacial score (nSPS) is 23.4. The number of nitrogens with zero attached hydrogens (tertiary/aromatic N) is 1. The molecule has 1 aliphatic heterocycles. The topological polar surface area (TPSA) is 66.6 Å². The molecule has 5 heteroatoms. The molecule has 2 atom stereocenters. The van der Waals surface area contributed by atoms with Crippen LogP contribution in [0.4, 0.5) is 5.69 Å². The smallest absolute Gasteiger partial charge is 0.255 e. The molecule has 2 rings (SSSR count). The second-order valence-electron chi connectivity index (χ2n) is 4.75. The van der Waals surface area contributed by atoms with E-state index in [1.54, 1.807) is 23.1 Å². The summed E-state index contributed by atoms with van der Waals surface area (Å²) in [5, 5.41) is 9.73. The summed E-state index contributed by atoms with van der Waals surface area (Å²) in [4.78, 5) is 14.1. The first kappa shape index (κ1) is 13.2. The molecule has 18 heavy (non-hydrogen) atoms. The number of anilines is 1. The average Bonchev–Trinajstić information content (AvgIpc) is 2.69. The number of hydrogen-bond acceptors (Lipinski definition) is 3. The molecule has 1 aromatic carbocycles. The van der Waals surface area contributed by atoms with Gasteiger partial charge < -0.3 is 15.7 Å². The van der Waals surface area contributed by atoms with E-state index in [0.29, 0.717) is 28.7 Å². The second-order valence-corrected chi connectivity index (χ2v) is 5.16. The average molecular weight is 269 g/mol. The van der Waals surface area contributed by atoms with E-state index in [9.17, 15) is 9.90 Å². The first-order valence-electron chi connectivity index (χ1n) is 6.01. The second kappa shape index (κ2) is 5.16. The van der Waals surface area contributed by atoms with Gasteiger partial charge in [0.15, 0.2) is 0 Å². The van der Waals surface area contributed by atoms with Crippen molar-refractivity contribution in [2.75, 3.05) is 18.9 Å². The lowest BCUT2D eigenvalue weighted by atomic mass is 10.0. The van der Waals surface area contributed by atoms with Crippen LogP contribution in [0.3, 0.4) is 0 Å². The molecule has 0 bridgehead atoms. The molecular weight excluding hydrogens is 252 g/mol. The number of amides is 1. The Balaban J connectivity index is 2.26. The number of carbonyl (C=O) groups is 1. The van der Waals surface area contributed by atoms with Gasteiger partial charge in [0.1, 0.15) is 0 Å². The molecule has 1 heterocycles. The van der Waals surface area contributed by atoms with Gasteiger partial charge in [-0.2, -0.15) is 0 Å². The molecule has 1 amide bonds. The first-order chi connectivity index (χ1) is 8.54. The van der Waals surface area contributed by atoms with E-state index in [4.69, 9.17) is 17.3 Å². The van der Waals surface area contributed by atoms with Crippen LogP contribution in [-0.4, -0.2) is 35.1 Å². The SMILES string of the molecule is CC1CCN(C(=O)c2ccc(N)cc2Cl)C1CO. The Morgan fingerprint density at radius 2 is 2.33 bits per heavy atom. The summed E-state index contributed by atoms with van der Waals surface area (Å²) in [5.41, 5.74) is 6.58. The van der Waals surface area contributed by atoms with E-state index in [2.05, 4.69) is 0 Å². The fourth-order valence-electron chi connectivity index (χ4n) is 2.40. The number of hydrogen-bond donors (Lipinski definition) is 2. The Morgan fingerprint density at radius 3 is 2.94 bits per heavy atom. The van der Waals surface area contributed by atoms with Gasteiger partial charge in [-0.05, 0) is 30.5 Å². The minimum Gasteiger partial charge on any atom is -0.399 e. The number of aliphatic hydroxyl groups excluding tert-OH is 1. The summed E-state index contributed by atoms with van der Waals surface area (Å²) < 4.78 is 0. The lowest BCUT2D eigenvalue weighted by Crippen LogP contribution is -2.39. The number of nitrogens with two attached hydrogens (primary N) is 1. The Hall–Kier alpha value is -1.26. The molecule has 2 unspecified atom stereocenters. The fraction of sp³-hybridized carbons (Fsp3) is 0.462. The molecule has 98 valence electrons. The van der Waals surface area contributed by atoms with E-state index in [1.807, 2.05) is 6.92 Å². The summed E-state index contributed by atoms with van der Waals surface area (Å²) in [7, 11) is 0. The number of rotatable bonds is 2. The van der Waals surface area contributed by atoms with Crippen molar-refractivity contribution in [3.05, 3.63) is 28.8 Å². The standard InChI is InChI=1S/C13H17ClN2O2/c1-8-4-5-16(12(8)7-17)13(18)10-3-2-9(15)6-11(10)14/h2-3,6,8,12,17H,4-5,7,15H2,1H3. The van der Waals surface area contributed by atoms with Crippen LogP contribution in [0.15, 0.2) is 18.2 Å². The quantitative estimate of drug-likeness (QED) is 0.804. The van der Waals surface area contributed by atoms with Gasteiger partial charge >= 0.3 is 0 Å². The minimum absolute atomic E-state index is 0.0144. The third kappa shape index (κ3) is 2.31. The van der Waals surface area contributed by atoms with Crippen molar-refractivity contribution in [2.24, 2.45) is 5.92 Å². The largest absolute Gasteiger partial charge is 0.399 e. The van der Waals surface area contributed by atoms with Gasteiger partial charge in [-0.15, -0.1) is 0 Å². The van der Waals surface area contributed by atoms with Crippen molar-refractivity contribution >= 4 is 23.2 Å². The lowest BCUT2D eigenvalue weighted by molar-refractivity contribution is 0.0648. The van der Waals surface area contributed by atoms with Gasteiger partial charge in [-0.1, -0.05) is 18.5 Å². The predicted molar refractivity (Wildman–Crippen MR) is 71.6 cm³/mol. The molecule has 0 aliphatic carbocycles. The number of aliphatic hydroxyl groups is 1. The van der Waals surface area contributed by atoms with Crippen LogP contribution in [0.25, 0.3) is 0 Å². The maximum atomic E-state index is 12.4. The van der Waals surface area contributed by atoms with Crippen LogP contribution in [0, 0.1) is 5.92 Å². The van der Waals surface area contributed by atoms with E-state index in [0.717, 1.165) is 6.42 Å². The molecule has 0 radical (unpaired) electrons. The number of benzene rings is 1. The fourth-order valence-corrected chi connectivity index (χ4v) is 2.67. The summed E-state index contributed by atoms with van der Waals surface area (Å²) in [6, 6.07) is 4.75. The van der Waals surface area contributed by atoms with Crippen LogP contribution in [0.5, 0.6) is 0 Å². The van der Waals surface area contributed by atoms with Crippen molar-refractivity contribution in [3.63, 3.8) is 0 Å². The van der Waals surface area contributed by atoms with E-state index < -0.39 is 0 Å². The lowest BCUT2D eigenvalue weighted by Gasteiger charge is -2.25. The summed E-state index contributed by atoms with van der Waals surface area (Å²) in [6.45, 7) is 2.68. The molecule has 0 aromatic heterocycles. The van der Waals surface area contributed by atoms with E-state index >= 15 is 0 Å². The Bertz CT molecular complexity index is 464. The van der Waals surface area contributed by atoms with Crippen molar-refractivity contribution in [3.8, 4) is 0 Å². The molecule has 1 aromatic rings. The van der Waals surface area contributed by atoms with Crippen molar-refractivity contribution in [2.45, 2.75) is 19.4 Å². The molecule has 0 saturated carbocycles. The summed E-state index contributed by atoms with van der Waals surface area (Å²) >= 11 is 6.04. The molecule has 1 fully saturated rings. The zero-order valence-corrected chi connectivity index (χ0v) is 11.0. The van der Waals surface area contributed by atoms with Gasteiger partial charge in [-0.3, -0.25) is 4.79 Å². The minimum atomic E-state index is -0.136. The number of nitrogen functional groups attached to an aromatic ring is 1. The maximum absolute atomic E-state index is 12.4. The van der Waals surface area contributed by atoms with Crippen LogP contribution in [0.2, 0.25) is 5.02 Å². The van der Waals surface area contributed by atoms with Crippen LogP contribution in [0.1, 0.15) is 23.7 Å². The number of likely N-dealkylation sites (tertiary alicyclic amines) is 1. The molecule has 1 saturated heterocycles.